The van der Waals surface area contributed by atoms with Crippen LogP contribution in [-0.2, 0) is 6.54 Å². The van der Waals surface area contributed by atoms with Crippen LogP contribution in [0.15, 0.2) is 12.1 Å². The Morgan fingerprint density at radius 2 is 1.90 bits per heavy atom. The quantitative estimate of drug-likeness (QED) is 0.867. The van der Waals surface area contributed by atoms with E-state index in [1.807, 2.05) is 0 Å². The third-order valence-electron chi connectivity index (χ3n) is 2.69. The molecule has 0 aliphatic rings. The predicted octanol–water partition coefficient (Wildman–Crippen LogP) is 3.79. The molecular formula is C13H17ClF3NO2. The molecule has 0 saturated heterocycles. The molecule has 1 atom stereocenters. The van der Waals surface area contributed by atoms with Crippen LogP contribution in [0.2, 0.25) is 5.02 Å². The number of ether oxygens (including phenoxy) is 2. The van der Waals surface area contributed by atoms with E-state index in [4.69, 9.17) is 21.1 Å². The first-order valence-electron chi connectivity index (χ1n) is 5.97. The summed E-state index contributed by atoms with van der Waals surface area (Å²) in [6.07, 6.45) is -5.06. The van der Waals surface area contributed by atoms with Crippen LogP contribution in [0.1, 0.15) is 18.9 Å². The number of nitrogens with one attached hydrogen (secondary N) is 1. The summed E-state index contributed by atoms with van der Waals surface area (Å²) in [5.41, 5.74) is 0.724. The highest BCUT2D eigenvalue weighted by molar-refractivity contribution is 6.32. The highest BCUT2D eigenvalue weighted by Gasteiger charge is 2.29. The smallest absolute Gasteiger partial charge is 0.390 e. The number of benzene rings is 1. The van der Waals surface area contributed by atoms with Crippen LogP contribution in [0.3, 0.4) is 0 Å². The van der Waals surface area contributed by atoms with Crippen molar-refractivity contribution >= 4 is 11.6 Å². The van der Waals surface area contributed by atoms with Crippen molar-refractivity contribution in [3.63, 3.8) is 0 Å². The van der Waals surface area contributed by atoms with E-state index in [1.54, 1.807) is 12.1 Å². The maximum atomic E-state index is 12.2. The van der Waals surface area contributed by atoms with Gasteiger partial charge >= 0.3 is 6.18 Å². The fraction of sp³-hybridized carbons (Fsp3) is 0.538. The molecule has 0 spiro atoms. The van der Waals surface area contributed by atoms with Crippen molar-refractivity contribution in [3.8, 4) is 11.5 Å². The third-order valence-corrected chi connectivity index (χ3v) is 2.97. The van der Waals surface area contributed by atoms with Crippen molar-refractivity contribution in [2.45, 2.75) is 32.1 Å². The normalized spacial score (nSPS) is 13.2. The van der Waals surface area contributed by atoms with E-state index in [1.165, 1.54) is 21.1 Å². The first-order chi connectivity index (χ1) is 9.26. The summed E-state index contributed by atoms with van der Waals surface area (Å²) in [7, 11) is 2.94. The fourth-order valence-electron chi connectivity index (χ4n) is 1.78. The van der Waals surface area contributed by atoms with Gasteiger partial charge in [0.2, 0.25) is 0 Å². The maximum Gasteiger partial charge on any atom is 0.390 e. The molecule has 3 nitrogen and oxygen atoms in total. The van der Waals surface area contributed by atoms with Crippen molar-refractivity contribution in [1.29, 1.82) is 0 Å². The van der Waals surface area contributed by atoms with Gasteiger partial charge in [-0.2, -0.15) is 13.2 Å². The molecule has 20 heavy (non-hydrogen) atoms. The minimum Gasteiger partial charge on any atom is -0.493 e. The lowest BCUT2D eigenvalue weighted by atomic mass is 10.1. The minimum absolute atomic E-state index is 0.261. The first kappa shape index (κ1) is 16.9. The van der Waals surface area contributed by atoms with E-state index in [2.05, 4.69) is 5.32 Å². The Morgan fingerprint density at radius 3 is 2.40 bits per heavy atom. The molecular weight excluding hydrogens is 295 g/mol. The predicted molar refractivity (Wildman–Crippen MR) is 71.5 cm³/mol. The van der Waals surface area contributed by atoms with Crippen LogP contribution in [0.5, 0.6) is 11.5 Å². The number of alkyl halides is 3. The molecule has 0 fully saturated rings. The number of halogens is 4. The monoisotopic (exact) mass is 311 g/mol. The van der Waals surface area contributed by atoms with Crippen molar-refractivity contribution in [3.05, 3.63) is 22.7 Å². The molecule has 1 aromatic rings. The molecule has 0 heterocycles. The molecule has 0 amide bonds. The van der Waals surface area contributed by atoms with E-state index in [0.29, 0.717) is 16.5 Å². The van der Waals surface area contributed by atoms with E-state index >= 15 is 0 Å². The van der Waals surface area contributed by atoms with Crippen LogP contribution in [0.4, 0.5) is 13.2 Å². The third kappa shape index (κ3) is 5.09. The van der Waals surface area contributed by atoms with E-state index in [0.717, 1.165) is 5.56 Å². The van der Waals surface area contributed by atoms with Gasteiger partial charge < -0.3 is 14.8 Å². The zero-order valence-electron chi connectivity index (χ0n) is 11.5. The molecule has 0 aliphatic heterocycles. The van der Waals surface area contributed by atoms with Crippen molar-refractivity contribution in [1.82, 2.24) is 5.32 Å². The highest BCUT2D eigenvalue weighted by Crippen LogP contribution is 2.36. The zero-order chi connectivity index (χ0) is 15.3. The van der Waals surface area contributed by atoms with Gasteiger partial charge in [-0.15, -0.1) is 0 Å². The van der Waals surface area contributed by atoms with Gasteiger partial charge in [-0.05, 0) is 24.6 Å². The zero-order valence-corrected chi connectivity index (χ0v) is 12.2. The van der Waals surface area contributed by atoms with Gasteiger partial charge in [0.25, 0.3) is 0 Å². The molecule has 0 radical (unpaired) electrons. The first-order valence-corrected chi connectivity index (χ1v) is 6.35. The molecule has 1 unspecified atom stereocenters. The SMILES string of the molecule is COc1cc(CNC(C)CC(F)(F)F)cc(Cl)c1OC. The highest BCUT2D eigenvalue weighted by atomic mass is 35.5. The Bertz CT molecular complexity index is 452. The lowest BCUT2D eigenvalue weighted by Crippen LogP contribution is -2.30. The lowest BCUT2D eigenvalue weighted by Gasteiger charge is -2.17. The molecule has 1 rings (SSSR count). The Kier molecular flexibility index (Phi) is 5.95. The molecule has 0 aromatic heterocycles. The van der Waals surface area contributed by atoms with Crippen LogP contribution < -0.4 is 14.8 Å². The van der Waals surface area contributed by atoms with Crippen molar-refractivity contribution < 1.29 is 22.6 Å². The summed E-state index contributed by atoms with van der Waals surface area (Å²) in [5, 5.41) is 3.15. The summed E-state index contributed by atoms with van der Waals surface area (Å²) >= 11 is 6.02. The molecule has 114 valence electrons. The van der Waals surface area contributed by atoms with E-state index < -0.39 is 18.6 Å². The Hall–Kier alpha value is -1.14. The number of methoxy groups -OCH3 is 2. The number of hydrogen-bond donors (Lipinski definition) is 1. The van der Waals surface area contributed by atoms with Crippen molar-refractivity contribution in [2.24, 2.45) is 0 Å². The molecule has 0 saturated carbocycles. The lowest BCUT2D eigenvalue weighted by molar-refractivity contribution is -0.139. The van der Waals surface area contributed by atoms with Gasteiger partial charge in [0.1, 0.15) is 0 Å². The molecule has 1 aromatic carbocycles. The summed E-state index contributed by atoms with van der Waals surface area (Å²) in [6, 6.07) is 2.63. The van der Waals surface area contributed by atoms with Gasteiger partial charge in [-0.25, -0.2) is 0 Å². The van der Waals surface area contributed by atoms with Gasteiger partial charge in [0, 0.05) is 12.6 Å². The van der Waals surface area contributed by atoms with Gasteiger partial charge in [-0.3, -0.25) is 0 Å². The summed E-state index contributed by atoms with van der Waals surface area (Å²) in [5.74, 6) is 0.849. The van der Waals surface area contributed by atoms with Crippen LogP contribution in [0.25, 0.3) is 0 Å². The van der Waals surface area contributed by atoms with E-state index in [9.17, 15) is 13.2 Å². The average molecular weight is 312 g/mol. The number of hydrogen-bond acceptors (Lipinski definition) is 3. The molecule has 0 aliphatic carbocycles. The maximum absolute atomic E-state index is 12.2. The second kappa shape index (κ2) is 7.04. The van der Waals surface area contributed by atoms with Crippen LogP contribution in [0, 0.1) is 0 Å². The largest absolute Gasteiger partial charge is 0.493 e. The fourth-order valence-corrected chi connectivity index (χ4v) is 2.10. The summed E-state index contributed by atoms with van der Waals surface area (Å²) < 4.78 is 46.9. The number of rotatable bonds is 6. The molecule has 0 bridgehead atoms. The second-order valence-electron chi connectivity index (χ2n) is 4.41. The average Bonchev–Trinajstić information content (AvgIpc) is 2.33. The summed E-state index contributed by atoms with van der Waals surface area (Å²) in [6.45, 7) is 1.74. The Morgan fingerprint density at radius 1 is 1.25 bits per heavy atom. The van der Waals surface area contributed by atoms with Gasteiger partial charge in [0.15, 0.2) is 11.5 Å². The van der Waals surface area contributed by atoms with Gasteiger partial charge in [-0.1, -0.05) is 11.6 Å². The minimum atomic E-state index is -4.18. The van der Waals surface area contributed by atoms with Crippen LogP contribution in [-0.4, -0.2) is 26.4 Å². The molecule has 7 heteroatoms. The Labute approximate surface area is 121 Å². The van der Waals surface area contributed by atoms with Crippen LogP contribution >= 0.6 is 11.6 Å². The van der Waals surface area contributed by atoms with E-state index in [-0.39, 0.29) is 6.54 Å². The van der Waals surface area contributed by atoms with Gasteiger partial charge in [0.05, 0.1) is 25.7 Å². The standard InChI is InChI=1S/C13H17ClF3NO2/c1-8(6-13(15,16)17)18-7-9-4-10(14)12(20-3)11(5-9)19-2/h4-5,8,18H,6-7H2,1-3H3. The van der Waals surface area contributed by atoms with Crippen molar-refractivity contribution in [2.75, 3.05) is 14.2 Å². The Balaban J connectivity index is 2.72. The molecule has 1 N–H and O–H groups in total. The second-order valence-corrected chi connectivity index (χ2v) is 4.82. The topological polar surface area (TPSA) is 30.5 Å². The summed E-state index contributed by atoms with van der Waals surface area (Å²) in [4.78, 5) is 0.